The number of esters is 1. The lowest BCUT2D eigenvalue weighted by Crippen LogP contribution is -2.24. The zero-order chi connectivity index (χ0) is 25.9. The highest BCUT2D eigenvalue weighted by molar-refractivity contribution is 9.10. The lowest BCUT2D eigenvalue weighted by Gasteiger charge is -2.12. The second-order valence-electron chi connectivity index (χ2n) is 7.13. The third-order valence-corrected chi connectivity index (χ3v) is 5.20. The Morgan fingerprint density at radius 1 is 0.889 bits per heavy atom. The van der Waals surface area contributed by atoms with E-state index in [0.29, 0.717) is 35.2 Å². The zero-order valence-electron chi connectivity index (χ0n) is 19.9. The van der Waals surface area contributed by atoms with Gasteiger partial charge < -0.3 is 23.7 Å². The van der Waals surface area contributed by atoms with Crippen LogP contribution in [0.3, 0.4) is 0 Å². The van der Waals surface area contributed by atoms with E-state index in [4.69, 9.17) is 23.7 Å². The molecule has 0 aliphatic heterocycles. The van der Waals surface area contributed by atoms with E-state index in [1.54, 1.807) is 42.5 Å². The number of nitrogens with one attached hydrogen (secondary N) is 1. The van der Waals surface area contributed by atoms with Crippen LogP contribution in [0, 0.1) is 0 Å². The first-order valence-corrected chi connectivity index (χ1v) is 11.6. The monoisotopic (exact) mass is 556 g/mol. The van der Waals surface area contributed by atoms with Gasteiger partial charge in [-0.05, 0) is 73.2 Å². The second-order valence-corrected chi connectivity index (χ2v) is 8.05. The standard InChI is InChI=1S/C26H25BrN2O7/c1-4-34-24-13-17(15-28-29-25(30)16-35-20-9-7-19(27)8-10-20)5-11-22(24)36-26(31)18-6-12-21(32-2)23(14-18)33-3/h5-15H,4,16H2,1-3H3,(H,29,30). The lowest BCUT2D eigenvalue weighted by molar-refractivity contribution is -0.123. The quantitative estimate of drug-likeness (QED) is 0.159. The first-order valence-electron chi connectivity index (χ1n) is 10.8. The zero-order valence-corrected chi connectivity index (χ0v) is 21.5. The average Bonchev–Trinajstić information content (AvgIpc) is 2.89. The molecule has 9 nitrogen and oxygen atoms in total. The van der Waals surface area contributed by atoms with Gasteiger partial charge in [0.25, 0.3) is 5.91 Å². The summed E-state index contributed by atoms with van der Waals surface area (Å²) in [6, 6.07) is 16.8. The van der Waals surface area contributed by atoms with Crippen molar-refractivity contribution in [2.45, 2.75) is 6.92 Å². The number of hydrogen-bond donors (Lipinski definition) is 1. The fourth-order valence-electron chi connectivity index (χ4n) is 2.97. The van der Waals surface area contributed by atoms with Gasteiger partial charge in [0, 0.05) is 4.47 Å². The Balaban J connectivity index is 1.62. The summed E-state index contributed by atoms with van der Waals surface area (Å²) in [4.78, 5) is 24.7. The summed E-state index contributed by atoms with van der Waals surface area (Å²) in [6.45, 7) is 1.98. The summed E-state index contributed by atoms with van der Waals surface area (Å²) in [5, 5.41) is 3.94. The van der Waals surface area contributed by atoms with Crippen molar-refractivity contribution in [3.05, 3.63) is 76.3 Å². The van der Waals surface area contributed by atoms with Crippen molar-refractivity contribution in [2.75, 3.05) is 27.4 Å². The van der Waals surface area contributed by atoms with Gasteiger partial charge in [0.1, 0.15) is 5.75 Å². The van der Waals surface area contributed by atoms with Crippen LogP contribution in [-0.2, 0) is 4.79 Å². The van der Waals surface area contributed by atoms with Crippen molar-refractivity contribution in [2.24, 2.45) is 5.10 Å². The summed E-state index contributed by atoms with van der Waals surface area (Å²) in [7, 11) is 3.00. The molecule has 1 N–H and O–H groups in total. The number of halogens is 1. The fraction of sp³-hybridized carbons (Fsp3) is 0.192. The number of amides is 1. The van der Waals surface area contributed by atoms with Gasteiger partial charge in [-0.15, -0.1) is 0 Å². The Bertz CT molecular complexity index is 1230. The van der Waals surface area contributed by atoms with Crippen molar-refractivity contribution < 1.29 is 33.3 Å². The van der Waals surface area contributed by atoms with Gasteiger partial charge in [-0.3, -0.25) is 4.79 Å². The maximum Gasteiger partial charge on any atom is 0.343 e. The SMILES string of the molecule is CCOc1cc(C=NNC(=O)COc2ccc(Br)cc2)ccc1OC(=O)c1ccc(OC)c(OC)c1. The van der Waals surface area contributed by atoms with Crippen LogP contribution in [0.1, 0.15) is 22.8 Å². The summed E-state index contributed by atoms with van der Waals surface area (Å²) in [5.41, 5.74) is 3.31. The molecule has 0 heterocycles. The van der Waals surface area contributed by atoms with Crippen LogP contribution in [0.15, 0.2) is 70.2 Å². The van der Waals surface area contributed by atoms with Crippen LogP contribution in [0.2, 0.25) is 0 Å². The molecule has 0 fully saturated rings. The number of methoxy groups -OCH3 is 2. The van der Waals surface area contributed by atoms with Crippen molar-refractivity contribution >= 4 is 34.0 Å². The van der Waals surface area contributed by atoms with Crippen LogP contribution in [-0.4, -0.2) is 45.5 Å². The number of carbonyl (C=O) groups is 2. The Morgan fingerprint density at radius 3 is 2.31 bits per heavy atom. The molecule has 0 aliphatic rings. The van der Waals surface area contributed by atoms with Gasteiger partial charge in [0.2, 0.25) is 0 Å². The molecular weight excluding hydrogens is 532 g/mol. The highest BCUT2D eigenvalue weighted by Gasteiger charge is 2.16. The molecule has 188 valence electrons. The Kier molecular flexibility index (Phi) is 9.70. The van der Waals surface area contributed by atoms with Gasteiger partial charge in [-0.25, -0.2) is 10.2 Å². The minimum Gasteiger partial charge on any atom is -0.493 e. The molecule has 0 unspecified atom stereocenters. The van der Waals surface area contributed by atoms with Crippen LogP contribution < -0.4 is 29.1 Å². The van der Waals surface area contributed by atoms with E-state index < -0.39 is 11.9 Å². The molecule has 1 amide bonds. The smallest absolute Gasteiger partial charge is 0.343 e. The molecular formula is C26H25BrN2O7. The van der Waals surface area contributed by atoms with E-state index in [-0.39, 0.29) is 17.9 Å². The molecule has 0 aliphatic carbocycles. The number of hydrogen-bond acceptors (Lipinski definition) is 8. The van der Waals surface area contributed by atoms with Crippen molar-refractivity contribution in [1.82, 2.24) is 5.43 Å². The van der Waals surface area contributed by atoms with Crippen molar-refractivity contribution in [3.8, 4) is 28.7 Å². The van der Waals surface area contributed by atoms with E-state index in [1.807, 2.05) is 19.1 Å². The second kappa shape index (κ2) is 13.1. The first-order chi connectivity index (χ1) is 17.4. The highest BCUT2D eigenvalue weighted by Crippen LogP contribution is 2.31. The molecule has 0 atom stereocenters. The molecule has 0 radical (unpaired) electrons. The van der Waals surface area contributed by atoms with Crippen LogP contribution in [0.4, 0.5) is 0 Å². The fourth-order valence-corrected chi connectivity index (χ4v) is 3.23. The maximum absolute atomic E-state index is 12.7. The summed E-state index contributed by atoms with van der Waals surface area (Å²) in [5.74, 6) is 1.06. The normalized spacial score (nSPS) is 10.6. The van der Waals surface area contributed by atoms with Crippen LogP contribution >= 0.6 is 15.9 Å². The molecule has 0 saturated carbocycles. The summed E-state index contributed by atoms with van der Waals surface area (Å²) >= 11 is 3.34. The Hall–Kier alpha value is -4.05. The average molecular weight is 557 g/mol. The van der Waals surface area contributed by atoms with Gasteiger partial charge in [0.05, 0.1) is 32.6 Å². The number of carbonyl (C=O) groups excluding carboxylic acids is 2. The van der Waals surface area contributed by atoms with Gasteiger partial charge in [-0.2, -0.15) is 5.10 Å². The number of nitrogens with zero attached hydrogens (tertiary/aromatic N) is 1. The maximum atomic E-state index is 12.7. The summed E-state index contributed by atoms with van der Waals surface area (Å²) < 4.78 is 27.9. The summed E-state index contributed by atoms with van der Waals surface area (Å²) in [6.07, 6.45) is 1.44. The minimum absolute atomic E-state index is 0.186. The van der Waals surface area contributed by atoms with E-state index in [2.05, 4.69) is 26.5 Å². The van der Waals surface area contributed by atoms with Gasteiger partial charge in [-0.1, -0.05) is 15.9 Å². The molecule has 10 heteroatoms. The lowest BCUT2D eigenvalue weighted by atomic mass is 10.2. The van der Waals surface area contributed by atoms with Crippen LogP contribution in [0.5, 0.6) is 28.7 Å². The predicted molar refractivity (Wildman–Crippen MR) is 137 cm³/mol. The number of benzene rings is 3. The van der Waals surface area contributed by atoms with Crippen molar-refractivity contribution in [1.29, 1.82) is 0 Å². The van der Waals surface area contributed by atoms with E-state index in [9.17, 15) is 9.59 Å². The van der Waals surface area contributed by atoms with Crippen molar-refractivity contribution in [3.63, 3.8) is 0 Å². The van der Waals surface area contributed by atoms with Gasteiger partial charge >= 0.3 is 5.97 Å². The number of ether oxygens (including phenoxy) is 5. The third-order valence-electron chi connectivity index (χ3n) is 4.68. The molecule has 36 heavy (non-hydrogen) atoms. The highest BCUT2D eigenvalue weighted by atomic mass is 79.9. The van der Waals surface area contributed by atoms with Crippen LogP contribution in [0.25, 0.3) is 0 Å². The molecule has 0 saturated heterocycles. The molecule has 3 aromatic rings. The minimum atomic E-state index is -0.587. The Morgan fingerprint density at radius 2 is 1.61 bits per heavy atom. The van der Waals surface area contributed by atoms with E-state index >= 15 is 0 Å². The molecule has 3 rings (SSSR count). The van der Waals surface area contributed by atoms with E-state index in [1.165, 1.54) is 26.5 Å². The molecule has 0 spiro atoms. The topological polar surface area (TPSA) is 105 Å². The largest absolute Gasteiger partial charge is 0.493 e. The number of rotatable bonds is 11. The molecule has 0 bridgehead atoms. The molecule has 3 aromatic carbocycles. The first kappa shape index (κ1) is 26.6. The third kappa shape index (κ3) is 7.47. The van der Waals surface area contributed by atoms with E-state index in [0.717, 1.165) is 4.47 Å². The number of hydrazone groups is 1. The Labute approximate surface area is 217 Å². The van der Waals surface area contributed by atoms with Gasteiger partial charge in [0.15, 0.2) is 29.6 Å². The predicted octanol–water partition coefficient (Wildman–Crippen LogP) is 4.61. The molecule has 0 aromatic heterocycles.